The highest BCUT2D eigenvalue weighted by Gasteiger charge is 2.36. The van der Waals surface area contributed by atoms with Crippen molar-refractivity contribution in [2.45, 2.75) is 33.1 Å². The van der Waals surface area contributed by atoms with Crippen LogP contribution in [0.4, 0.5) is 4.39 Å². The molecule has 0 unspecified atom stereocenters. The van der Waals surface area contributed by atoms with Crippen molar-refractivity contribution in [3.05, 3.63) is 23.5 Å². The summed E-state index contributed by atoms with van der Waals surface area (Å²) >= 11 is 0. The molecule has 20 heavy (non-hydrogen) atoms. The molecule has 0 aromatic carbocycles. The van der Waals surface area contributed by atoms with Gasteiger partial charge in [0.05, 0.1) is 18.9 Å². The lowest BCUT2D eigenvalue weighted by Crippen LogP contribution is -2.28. The number of carbonyl (C=O) groups is 2. The number of halogens is 1. The van der Waals surface area contributed by atoms with Crippen LogP contribution in [0, 0.1) is 5.82 Å². The van der Waals surface area contributed by atoms with Gasteiger partial charge in [-0.3, -0.25) is 9.59 Å². The Morgan fingerprint density at radius 2 is 1.70 bits per heavy atom. The molecule has 0 spiro atoms. The SMILES string of the molecule is CCOC(=O)C(C(=O)OCC)c1ncnc(CC)c1F. The van der Waals surface area contributed by atoms with Crippen molar-refractivity contribution in [1.29, 1.82) is 0 Å². The lowest BCUT2D eigenvalue weighted by atomic mass is 10.0. The fourth-order valence-corrected chi connectivity index (χ4v) is 1.64. The van der Waals surface area contributed by atoms with E-state index in [-0.39, 0.29) is 24.6 Å². The van der Waals surface area contributed by atoms with Gasteiger partial charge in [0.2, 0.25) is 0 Å². The Balaban J connectivity index is 3.23. The summed E-state index contributed by atoms with van der Waals surface area (Å²) in [6, 6.07) is 0. The van der Waals surface area contributed by atoms with Gasteiger partial charge in [0.15, 0.2) is 11.7 Å². The predicted octanol–water partition coefficient (Wildman–Crippen LogP) is 1.39. The van der Waals surface area contributed by atoms with Gasteiger partial charge in [0.1, 0.15) is 12.0 Å². The molecule has 0 amide bonds. The molecule has 0 saturated carbocycles. The van der Waals surface area contributed by atoms with Crippen LogP contribution in [0.25, 0.3) is 0 Å². The molecule has 0 aliphatic carbocycles. The van der Waals surface area contributed by atoms with Crippen LogP contribution in [0.15, 0.2) is 6.33 Å². The molecule has 0 N–H and O–H groups in total. The van der Waals surface area contributed by atoms with Crippen LogP contribution < -0.4 is 0 Å². The first-order chi connectivity index (χ1) is 9.56. The Morgan fingerprint density at radius 1 is 1.15 bits per heavy atom. The number of hydrogen-bond donors (Lipinski definition) is 0. The van der Waals surface area contributed by atoms with Crippen LogP contribution in [-0.2, 0) is 25.5 Å². The van der Waals surface area contributed by atoms with Crippen molar-refractivity contribution in [3.8, 4) is 0 Å². The summed E-state index contributed by atoms with van der Waals surface area (Å²) in [5, 5.41) is 0. The summed E-state index contributed by atoms with van der Waals surface area (Å²) in [4.78, 5) is 31.2. The van der Waals surface area contributed by atoms with Crippen LogP contribution in [0.2, 0.25) is 0 Å². The van der Waals surface area contributed by atoms with E-state index in [1.807, 2.05) is 0 Å². The molecule has 0 bridgehead atoms. The van der Waals surface area contributed by atoms with Crippen molar-refractivity contribution in [3.63, 3.8) is 0 Å². The topological polar surface area (TPSA) is 78.4 Å². The molecular formula is C13H17FN2O4. The van der Waals surface area contributed by atoms with Crippen molar-refractivity contribution >= 4 is 11.9 Å². The van der Waals surface area contributed by atoms with Gasteiger partial charge in [-0.05, 0) is 20.3 Å². The number of aryl methyl sites for hydroxylation is 1. The Morgan fingerprint density at radius 3 is 2.15 bits per heavy atom. The number of rotatable bonds is 6. The molecule has 1 aromatic rings. The number of ether oxygens (including phenoxy) is 2. The minimum Gasteiger partial charge on any atom is -0.465 e. The highest BCUT2D eigenvalue weighted by Crippen LogP contribution is 2.22. The Kier molecular flexibility index (Phi) is 6.02. The molecule has 1 aromatic heterocycles. The maximum atomic E-state index is 14.2. The summed E-state index contributed by atoms with van der Waals surface area (Å²) in [5.74, 6) is -4.07. The van der Waals surface area contributed by atoms with E-state index < -0.39 is 23.7 Å². The second kappa shape index (κ2) is 7.52. The number of esters is 2. The molecule has 6 nitrogen and oxygen atoms in total. The highest BCUT2D eigenvalue weighted by atomic mass is 19.1. The van der Waals surface area contributed by atoms with Crippen LogP contribution in [0.3, 0.4) is 0 Å². The van der Waals surface area contributed by atoms with Crippen molar-refractivity contribution < 1.29 is 23.5 Å². The van der Waals surface area contributed by atoms with Crippen LogP contribution in [0.1, 0.15) is 38.1 Å². The molecular weight excluding hydrogens is 267 g/mol. The highest BCUT2D eigenvalue weighted by molar-refractivity contribution is 6.00. The lowest BCUT2D eigenvalue weighted by Gasteiger charge is -2.15. The number of hydrogen-bond acceptors (Lipinski definition) is 6. The van der Waals surface area contributed by atoms with Crippen molar-refractivity contribution in [2.24, 2.45) is 0 Å². The van der Waals surface area contributed by atoms with Crippen molar-refractivity contribution in [1.82, 2.24) is 9.97 Å². The van der Waals surface area contributed by atoms with E-state index in [1.165, 1.54) is 0 Å². The van der Waals surface area contributed by atoms with E-state index in [0.717, 1.165) is 6.33 Å². The third-order valence-corrected chi connectivity index (χ3v) is 2.54. The van der Waals surface area contributed by atoms with E-state index in [0.29, 0.717) is 6.42 Å². The quantitative estimate of drug-likeness (QED) is 0.580. The summed E-state index contributed by atoms with van der Waals surface area (Å²) < 4.78 is 23.8. The monoisotopic (exact) mass is 284 g/mol. The maximum Gasteiger partial charge on any atom is 0.326 e. The first-order valence-corrected chi connectivity index (χ1v) is 6.39. The van der Waals surface area contributed by atoms with E-state index in [1.54, 1.807) is 20.8 Å². The van der Waals surface area contributed by atoms with Gasteiger partial charge in [-0.15, -0.1) is 0 Å². The Hall–Kier alpha value is -2.05. The first kappa shape index (κ1) is 16.0. The molecule has 1 heterocycles. The summed E-state index contributed by atoms with van der Waals surface area (Å²) in [6.07, 6.45) is 1.43. The molecule has 1 rings (SSSR count). The normalized spacial score (nSPS) is 10.4. The fraction of sp³-hybridized carbons (Fsp3) is 0.538. The van der Waals surface area contributed by atoms with Crippen LogP contribution in [0.5, 0.6) is 0 Å². The number of aromatic nitrogens is 2. The number of nitrogens with zero attached hydrogens (tertiary/aromatic N) is 2. The summed E-state index contributed by atoms with van der Waals surface area (Å²) in [5.41, 5.74) is -0.178. The van der Waals surface area contributed by atoms with Crippen LogP contribution >= 0.6 is 0 Å². The summed E-state index contributed by atoms with van der Waals surface area (Å²) in [6.45, 7) is 5.03. The first-order valence-electron chi connectivity index (χ1n) is 6.39. The minimum atomic E-state index is -1.52. The molecule has 7 heteroatoms. The smallest absolute Gasteiger partial charge is 0.326 e. The fourth-order valence-electron chi connectivity index (χ4n) is 1.64. The van der Waals surface area contributed by atoms with Gasteiger partial charge in [0, 0.05) is 0 Å². The van der Waals surface area contributed by atoms with Crippen molar-refractivity contribution in [2.75, 3.05) is 13.2 Å². The summed E-state index contributed by atoms with van der Waals surface area (Å²) in [7, 11) is 0. The molecule has 0 fully saturated rings. The van der Waals surface area contributed by atoms with E-state index in [2.05, 4.69) is 9.97 Å². The third-order valence-electron chi connectivity index (χ3n) is 2.54. The second-order valence-corrected chi connectivity index (χ2v) is 3.81. The van der Waals surface area contributed by atoms with Gasteiger partial charge in [-0.25, -0.2) is 14.4 Å². The van der Waals surface area contributed by atoms with Gasteiger partial charge in [0.25, 0.3) is 0 Å². The molecule has 0 aliphatic rings. The van der Waals surface area contributed by atoms with Gasteiger partial charge < -0.3 is 9.47 Å². The zero-order valence-corrected chi connectivity index (χ0v) is 11.7. The zero-order valence-electron chi connectivity index (χ0n) is 11.7. The van der Waals surface area contributed by atoms with E-state index >= 15 is 0 Å². The largest absolute Gasteiger partial charge is 0.465 e. The Bertz CT molecular complexity index is 475. The second-order valence-electron chi connectivity index (χ2n) is 3.81. The molecule has 0 saturated heterocycles. The van der Waals surface area contributed by atoms with Gasteiger partial charge in [-0.2, -0.15) is 0 Å². The zero-order chi connectivity index (χ0) is 15.1. The average Bonchev–Trinajstić information content (AvgIpc) is 2.41. The maximum absolute atomic E-state index is 14.2. The standard InChI is InChI=1S/C13H17FN2O4/c1-4-8-10(14)11(16-7-15-8)9(12(17)19-5-2)13(18)20-6-3/h7,9H,4-6H2,1-3H3. The molecule has 0 atom stereocenters. The Labute approximate surface area is 116 Å². The van der Waals surface area contributed by atoms with Crippen LogP contribution in [-0.4, -0.2) is 35.1 Å². The third kappa shape index (κ3) is 3.49. The minimum absolute atomic E-state index is 0.0715. The van der Waals surface area contributed by atoms with E-state index in [4.69, 9.17) is 9.47 Å². The lowest BCUT2D eigenvalue weighted by molar-refractivity contribution is -0.157. The van der Waals surface area contributed by atoms with Gasteiger partial charge >= 0.3 is 11.9 Å². The van der Waals surface area contributed by atoms with E-state index in [9.17, 15) is 14.0 Å². The average molecular weight is 284 g/mol. The molecule has 0 aliphatic heterocycles. The molecule has 110 valence electrons. The molecule has 0 radical (unpaired) electrons. The number of carbonyl (C=O) groups excluding carboxylic acids is 2. The van der Waals surface area contributed by atoms with Gasteiger partial charge in [-0.1, -0.05) is 6.92 Å². The predicted molar refractivity (Wildman–Crippen MR) is 67.4 cm³/mol.